The lowest BCUT2D eigenvalue weighted by molar-refractivity contribution is 0.0940. The van der Waals surface area contributed by atoms with Crippen molar-refractivity contribution in [1.82, 2.24) is 20.1 Å². The van der Waals surface area contributed by atoms with E-state index in [2.05, 4.69) is 45.3 Å². The van der Waals surface area contributed by atoms with E-state index in [4.69, 9.17) is 0 Å². The van der Waals surface area contributed by atoms with Gasteiger partial charge in [0.1, 0.15) is 5.69 Å². The van der Waals surface area contributed by atoms with E-state index in [-0.39, 0.29) is 11.9 Å². The zero-order valence-electron chi connectivity index (χ0n) is 12.9. The Labute approximate surface area is 135 Å². The molecule has 0 atom stereocenters. The van der Waals surface area contributed by atoms with Crippen LogP contribution >= 0.6 is 15.9 Å². The Morgan fingerprint density at radius 3 is 2.81 bits per heavy atom. The van der Waals surface area contributed by atoms with Crippen LogP contribution in [0.15, 0.2) is 16.7 Å². The fourth-order valence-corrected chi connectivity index (χ4v) is 3.02. The summed E-state index contributed by atoms with van der Waals surface area (Å²) in [6, 6.07) is 2.16. The minimum absolute atomic E-state index is 0.00899. The molecule has 0 spiro atoms. The number of hydrogen-bond acceptors (Lipinski definition) is 3. The molecule has 5 nitrogen and oxygen atoms in total. The number of rotatable bonds is 6. The maximum Gasteiger partial charge on any atom is 0.267 e. The second-order valence-electron chi connectivity index (χ2n) is 5.75. The van der Waals surface area contributed by atoms with Gasteiger partial charge in [-0.15, -0.1) is 0 Å². The molecule has 1 saturated heterocycles. The molecule has 2 N–H and O–H groups in total. The largest absolute Gasteiger partial charge is 0.351 e. The van der Waals surface area contributed by atoms with E-state index in [0.29, 0.717) is 0 Å². The summed E-state index contributed by atoms with van der Waals surface area (Å²) in [4.78, 5) is 14.7. The fraction of sp³-hybridized carbons (Fsp3) is 0.667. The van der Waals surface area contributed by atoms with Gasteiger partial charge in [0, 0.05) is 49.4 Å². The average molecular weight is 357 g/mol. The molecule has 2 rings (SSSR count). The van der Waals surface area contributed by atoms with E-state index in [0.717, 1.165) is 55.9 Å². The van der Waals surface area contributed by atoms with E-state index in [9.17, 15) is 4.79 Å². The summed E-state index contributed by atoms with van der Waals surface area (Å²) in [5.41, 5.74) is 0.721. The van der Waals surface area contributed by atoms with Gasteiger partial charge in [-0.1, -0.05) is 0 Å². The molecule has 1 aliphatic heterocycles. The molecule has 0 unspecified atom stereocenters. The van der Waals surface area contributed by atoms with Crippen LogP contribution in [0.1, 0.15) is 36.8 Å². The van der Waals surface area contributed by atoms with Gasteiger partial charge < -0.3 is 20.1 Å². The Morgan fingerprint density at radius 1 is 1.43 bits per heavy atom. The molecule has 1 aromatic heterocycles. The predicted molar refractivity (Wildman–Crippen MR) is 88.8 cm³/mol. The number of carbonyl (C=O) groups excluding carboxylic acids is 1. The van der Waals surface area contributed by atoms with Crippen molar-refractivity contribution in [1.29, 1.82) is 0 Å². The zero-order valence-corrected chi connectivity index (χ0v) is 14.4. The molecule has 1 aliphatic rings. The summed E-state index contributed by atoms with van der Waals surface area (Å²) in [7, 11) is 0. The number of aromatic nitrogens is 1. The Morgan fingerprint density at radius 2 is 2.14 bits per heavy atom. The van der Waals surface area contributed by atoms with Crippen LogP contribution in [-0.2, 0) is 0 Å². The Kier molecular flexibility index (Phi) is 6.26. The van der Waals surface area contributed by atoms with Crippen molar-refractivity contribution >= 4 is 21.8 Å². The van der Waals surface area contributed by atoms with Gasteiger partial charge in [-0.3, -0.25) is 4.79 Å². The molecule has 0 aromatic carbocycles. The van der Waals surface area contributed by atoms with Crippen LogP contribution in [0.5, 0.6) is 0 Å². The van der Waals surface area contributed by atoms with E-state index in [1.165, 1.54) is 0 Å². The van der Waals surface area contributed by atoms with E-state index in [1.54, 1.807) is 0 Å². The van der Waals surface area contributed by atoms with Crippen molar-refractivity contribution in [3.63, 3.8) is 0 Å². The number of hydrogen-bond donors (Lipinski definition) is 2. The molecule has 0 radical (unpaired) electrons. The molecule has 118 valence electrons. The minimum atomic E-state index is 0.00899. The molecule has 1 fully saturated rings. The number of nitrogens with zero attached hydrogens (tertiary/aromatic N) is 2. The Balaban J connectivity index is 1.76. The van der Waals surface area contributed by atoms with Gasteiger partial charge in [0.05, 0.1) is 0 Å². The van der Waals surface area contributed by atoms with Crippen LogP contribution in [0.4, 0.5) is 0 Å². The quantitative estimate of drug-likeness (QED) is 0.764. The number of amides is 1. The Bertz CT molecular complexity index is 466. The summed E-state index contributed by atoms with van der Waals surface area (Å²) in [6.45, 7) is 10.3. The number of carbonyl (C=O) groups is 1. The van der Waals surface area contributed by atoms with Crippen molar-refractivity contribution in [3.05, 3.63) is 22.4 Å². The summed E-state index contributed by atoms with van der Waals surface area (Å²) >= 11 is 3.44. The first kappa shape index (κ1) is 16.5. The highest BCUT2D eigenvalue weighted by atomic mass is 79.9. The highest BCUT2D eigenvalue weighted by Gasteiger charge is 2.15. The highest BCUT2D eigenvalue weighted by molar-refractivity contribution is 9.10. The van der Waals surface area contributed by atoms with Crippen LogP contribution in [0, 0.1) is 0 Å². The molecule has 1 aromatic rings. The van der Waals surface area contributed by atoms with Gasteiger partial charge in [-0.25, -0.2) is 0 Å². The third kappa shape index (κ3) is 4.83. The van der Waals surface area contributed by atoms with Crippen LogP contribution in [0.25, 0.3) is 0 Å². The number of nitrogens with one attached hydrogen (secondary N) is 2. The van der Waals surface area contributed by atoms with Gasteiger partial charge in [0.15, 0.2) is 0 Å². The summed E-state index contributed by atoms with van der Waals surface area (Å²) in [5, 5.41) is 6.37. The van der Waals surface area contributed by atoms with Crippen LogP contribution < -0.4 is 10.6 Å². The topological polar surface area (TPSA) is 49.3 Å². The standard InChI is InChI=1S/C15H25BrN4O/c1-12(2)20-11-13(16)10-14(20)15(21)18-4-3-7-19-8-5-17-6-9-19/h10-12,17H,3-9H2,1-2H3,(H,18,21). The third-order valence-electron chi connectivity index (χ3n) is 3.75. The van der Waals surface area contributed by atoms with Crippen molar-refractivity contribution in [2.45, 2.75) is 26.3 Å². The van der Waals surface area contributed by atoms with Crippen LogP contribution in [-0.4, -0.2) is 54.6 Å². The van der Waals surface area contributed by atoms with Crippen molar-refractivity contribution in [2.24, 2.45) is 0 Å². The highest BCUT2D eigenvalue weighted by Crippen LogP contribution is 2.19. The average Bonchev–Trinajstić information content (AvgIpc) is 2.87. The number of halogens is 1. The molecule has 0 bridgehead atoms. The van der Waals surface area contributed by atoms with E-state index in [1.807, 2.05) is 16.8 Å². The van der Waals surface area contributed by atoms with Gasteiger partial charge in [0.2, 0.25) is 0 Å². The molecule has 6 heteroatoms. The normalized spacial score (nSPS) is 16.4. The molecule has 0 saturated carbocycles. The second-order valence-corrected chi connectivity index (χ2v) is 6.66. The van der Waals surface area contributed by atoms with Gasteiger partial charge in [0.25, 0.3) is 5.91 Å². The molecule has 21 heavy (non-hydrogen) atoms. The van der Waals surface area contributed by atoms with Crippen LogP contribution in [0.2, 0.25) is 0 Å². The summed E-state index contributed by atoms with van der Waals surface area (Å²) in [5.74, 6) is 0.00899. The van der Waals surface area contributed by atoms with Gasteiger partial charge in [-0.05, 0) is 48.8 Å². The SMILES string of the molecule is CC(C)n1cc(Br)cc1C(=O)NCCCN1CCNCC1. The maximum absolute atomic E-state index is 12.3. The maximum atomic E-state index is 12.3. The van der Waals surface area contributed by atoms with Gasteiger partial charge >= 0.3 is 0 Å². The van der Waals surface area contributed by atoms with Gasteiger partial charge in [-0.2, -0.15) is 0 Å². The van der Waals surface area contributed by atoms with Crippen LogP contribution in [0.3, 0.4) is 0 Å². The lowest BCUT2D eigenvalue weighted by Crippen LogP contribution is -2.44. The lowest BCUT2D eigenvalue weighted by Gasteiger charge is -2.27. The molecule has 1 amide bonds. The Hall–Kier alpha value is -0.850. The minimum Gasteiger partial charge on any atom is -0.351 e. The first-order valence-corrected chi connectivity index (χ1v) is 8.46. The summed E-state index contributed by atoms with van der Waals surface area (Å²) < 4.78 is 2.94. The zero-order chi connectivity index (χ0) is 15.2. The molecule has 2 heterocycles. The first-order valence-electron chi connectivity index (χ1n) is 7.66. The van der Waals surface area contributed by atoms with E-state index >= 15 is 0 Å². The smallest absolute Gasteiger partial charge is 0.267 e. The second kappa shape index (κ2) is 7.96. The third-order valence-corrected chi connectivity index (χ3v) is 4.18. The van der Waals surface area contributed by atoms with Crippen molar-refractivity contribution in [3.8, 4) is 0 Å². The van der Waals surface area contributed by atoms with E-state index < -0.39 is 0 Å². The monoisotopic (exact) mass is 356 g/mol. The fourth-order valence-electron chi connectivity index (χ4n) is 2.58. The molecular weight excluding hydrogens is 332 g/mol. The lowest BCUT2D eigenvalue weighted by atomic mass is 10.3. The number of piperazine rings is 1. The molecule has 0 aliphatic carbocycles. The van der Waals surface area contributed by atoms with Crippen molar-refractivity contribution in [2.75, 3.05) is 39.3 Å². The predicted octanol–water partition coefficient (Wildman–Crippen LogP) is 1.86. The van der Waals surface area contributed by atoms with Crippen molar-refractivity contribution < 1.29 is 4.79 Å². The molecular formula is C15H25BrN4O. The summed E-state index contributed by atoms with van der Waals surface area (Å²) in [6.07, 6.45) is 2.95. The first-order chi connectivity index (χ1) is 10.1.